The number of methoxy groups -OCH3 is 1. The highest BCUT2D eigenvalue weighted by molar-refractivity contribution is 5.47. The van der Waals surface area contributed by atoms with Gasteiger partial charge in [-0.2, -0.15) is 0 Å². The van der Waals surface area contributed by atoms with Crippen LogP contribution in [0, 0.1) is 5.82 Å². The number of anilines is 1. The fourth-order valence-corrected chi connectivity index (χ4v) is 1.78. The molecule has 0 spiro atoms. The second kappa shape index (κ2) is 5.49. The van der Waals surface area contributed by atoms with Crippen LogP contribution in [0.2, 0.25) is 0 Å². The first-order chi connectivity index (χ1) is 8.70. The van der Waals surface area contributed by atoms with Gasteiger partial charge in [0.15, 0.2) is 0 Å². The maximum Gasteiger partial charge on any atom is 0.146 e. The van der Waals surface area contributed by atoms with Gasteiger partial charge in [0.1, 0.15) is 11.6 Å². The third-order valence-electron chi connectivity index (χ3n) is 2.69. The van der Waals surface area contributed by atoms with E-state index >= 15 is 0 Å². The molecule has 1 heterocycles. The molecule has 0 atom stereocenters. The molecule has 0 N–H and O–H groups in total. The first-order valence-corrected chi connectivity index (χ1v) is 5.64. The summed E-state index contributed by atoms with van der Waals surface area (Å²) in [6.45, 7) is 0.575. The fraction of sp³-hybridized carbons (Fsp3) is 0.214. The van der Waals surface area contributed by atoms with Crippen LogP contribution in [0.4, 0.5) is 10.1 Å². The quantitative estimate of drug-likeness (QED) is 0.829. The highest BCUT2D eigenvalue weighted by Gasteiger charge is 2.07. The summed E-state index contributed by atoms with van der Waals surface area (Å²) in [6.07, 6.45) is 3.40. The second-order valence-corrected chi connectivity index (χ2v) is 4.04. The number of hydrogen-bond acceptors (Lipinski definition) is 3. The van der Waals surface area contributed by atoms with Gasteiger partial charge in [0, 0.05) is 19.8 Å². The Balaban J connectivity index is 2.16. The fourth-order valence-electron chi connectivity index (χ4n) is 1.78. The summed E-state index contributed by atoms with van der Waals surface area (Å²) >= 11 is 0. The lowest BCUT2D eigenvalue weighted by Crippen LogP contribution is -2.17. The normalized spacial score (nSPS) is 10.2. The van der Waals surface area contributed by atoms with Crippen molar-refractivity contribution in [1.82, 2.24) is 4.98 Å². The Morgan fingerprint density at radius 3 is 2.78 bits per heavy atom. The van der Waals surface area contributed by atoms with Crippen LogP contribution in [0.1, 0.15) is 5.56 Å². The van der Waals surface area contributed by atoms with Crippen LogP contribution in [0.15, 0.2) is 42.7 Å². The number of nitrogens with zero attached hydrogens (tertiary/aromatic N) is 2. The lowest BCUT2D eigenvalue weighted by molar-refractivity contribution is 0.412. The molecule has 0 fully saturated rings. The van der Waals surface area contributed by atoms with Crippen molar-refractivity contribution in [3.8, 4) is 5.75 Å². The van der Waals surface area contributed by atoms with E-state index in [1.165, 1.54) is 6.07 Å². The average molecular weight is 246 g/mol. The van der Waals surface area contributed by atoms with E-state index in [0.717, 1.165) is 5.56 Å². The molecule has 2 aromatic rings. The van der Waals surface area contributed by atoms with Gasteiger partial charge in [-0.15, -0.1) is 0 Å². The van der Waals surface area contributed by atoms with Gasteiger partial charge < -0.3 is 9.64 Å². The van der Waals surface area contributed by atoms with Crippen LogP contribution in [0.3, 0.4) is 0 Å². The molecule has 0 aliphatic carbocycles. The molecule has 0 unspecified atom stereocenters. The van der Waals surface area contributed by atoms with Crippen molar-refractivity contribution in [2.24, 2.45) is 0 Å². The molecule has 2 rings (SSSR count). The van der Waals surface area contributed by atoms with Gasteiger partial charge in [-0.3, -0.25) is 4.98 Å². The van der Waals surface area contributed by atoms with Gasteiger partial charge in [0.25, 0.3) is 0 Å². The molecule has 1 aromatic carbocycles. The highest BCUT2D eigenvalue weighted by Crippen LogP contribution is 2.20. The van der Waals surface area contributed by atoms with Crippen LogP contribution in [-0.2, 0) is 6.54 Å². The van der Waals surface area contributed by atoms with Crippen molar-refractivity contribution in [2.75, 3.05) is 19.1 Å². The van der Waals surface area contributed by atoms with Crippen molar-refractivity contribution >= 4 is 5.69 Å². The summed E-state index contributed by atoms with van der Waals surface area (Å²) in [5.41, 5.74) is 1.54. The van der Waals surface area contributed by atoms with Crippen molar-refractivity contribution in [3.63, 3.8) is 0 Å². The van der Waals surface area contributed by atoms with Gasteiger partial charge in [0.05, 0.1) is 19.0 Å². The standard InChI is InChI=1S/C14H15FN2O/c1-17(14-6-4-3-5-13(14)15)10-11-7-12(18-2)9-16-8-11/h3-9H,10H2,1-2H3. The maximum atomic E-state index is 13.6. The zero-order valence-electron chi connectivity index (χ0n) is 10.4. The molecule has 0 saturated carbocycles. The minimum absolute atomic E-state index is 0.226. The Labute approximate surface area is 106 Å². The number of pyridine rings is 1. The largest absolute Gasteiger partial charge is 0.495 e. The first kappa shape index (κ1) is 12.4. The Hall–Kier alpha value is -2.10. The number of rotatable bonds is 4. The Bertz CT molecular complexity index is 531. The number of benzene rings is 1. The minimum atomic E-state index is -0.226. The summed E-state index contributed by atoms with van der Waals surface area (Å²) in [5.74, 6) is 0.477. The molecular formula is C14H15FN2O. The summed E-state index contributed by atoms with van der Waals surface area (Å²) in [5, 5.41) is 0. The molecule has 4 heteroatoms. The number of hydrogen-bond donors (Lipinski definition) is 0. The van der Waals surface area contributed by atoms with Crippen molar-refractivity contribution in [1.29, 1.82) is 0 Å². The molecule has 0 radical (unpaired) electrons. The van der Waals surface area contributed by atoms with Crippen molar-refractivity contribution < 1.29 is 9.13 Å². The minimum Gasteiger partial charge on any atom is -0.495 e. The van der Waals surface area contributed by atoms with E-state index in [4.69, 9.17) is 4.74 Å². The Kier molecular flexibility index (Phi) is 3.77. The summed E-state index contributed by atoms with van der Waals surface area (Å²) < 4.78 is 18.7. The number of aromatic nitrogens is 1. The molecule has 3 nitrogen and oxygen atoms in total. The molecule has 0 amide bonds. The van der Waals surface area contributed by atoms with Crippen LogP contribution < -0.4 is 9.64 Å². The van der Waals surface area contributed by atoms with Crippen molar-refractivity contribution in [2.45, 2.75) is 6.54 Å². The van der Waals surface area contributed by atoms with Crippen LogP contribution in [0.25, 0.3) is 0 Å². The van der Waals surface area contributed by atoms with Crippen molar-refractivity contribution in [3.05, 3.63) is 54.1 Å². The van der Waals surface area contributed by atoms with E-state index < -0.39 is 0 Å². The molecule has 1 aromatic heterocycles. The maximum absolute atomic E-state index is 13.6. The third kappa shape index (κ3) is 2.77. The Morgan fingerprint density at radius 1 is 1.28 bits per heavy atom. The summed E-state index contributed by atoms with van der Waals surface area (Å²) in [7, 11) is 3.44. The molecule has 0 saturated heterocycles. The monoisotopic (exact) mass is 246 g/mol. The Morgan fingerprint density at radius 2 is 2.06 bits per heavy atom. The number of ether oxygens (including phenoxy) is 1. The highest BCUT2D eigenvalue weighted by atomic mass is 19.1. The second-order valence-electron chi connectivity index (χ2n) is 4.04. The van der Waals surface area contributed by atoms with Gasteiger partial charge in [0.2, 0.25) is 0 Å². The van der Waals surface area contributed by atoms with E-state index in [9.17, 15) is 4.39 Å². The smallest absolute Gasteiger partial charge is 0.146 e. The zero-order chi connectivity index (χ0) is 13.0. The van der Waals surface area contributed by atoms with Crippen LogP contribution >= 0.6 is 0 Å². The van der Waals surface area contributed by atoms with E-state index in [1.807, 2.05) is 24.1 Å². The predicted octanol–water partition coefficient (Wildman–Crippen LogP) is 2.87. The molecule has 0 aliphatic rings. The molecular weight excluding hydrogens is 231 g/mol. The zero-order valence-corrected chi connectivity index (χ0v) is 10.4. The molecule has 0 bridgehead atoms. The molecule has 94 valence electrons. The molecule has 0 aliphatic heterocycles. The SMILES string of the molecule is COc1cncc(CN(C)c2ccccc2F)c1. The van der Waals surface area contributed by atoms with Gasteiger partial charge in [-0.1, -0.05) is 12.1 Å². The molecule has 18 heavy (non-hydrogen) atoms. The summed E-state index contributed by atoms with van der Waals surface area (Å²) in [4.78, 5) is 5.92. The van der Waals surface area contributed by atoms with E-state index in [1.54, 1.807) is 31.6 Å². The topological polar surface area (TPSA) is 25.4 Å². The lowest BCUT2D eigenvalue weighted by Gasteiger charge is -2.19. The first-order valence-electron chi connectivity index (χ1n) is 5.64. The van der Waals surface area contributed by atoms with E-state index in [0.29, 0.717) is 18.0 Å². The van der Waals surface area contributed by atoms with Gasteiger partial charge in [-0.25, -0.2) is 4.39 Å². The van der Waals surface area contributed by atoms with Gasteiger partial charge >= 0.3 is 0 Å². The lowest BCUT2D eigenvalue weighted by atomic mass is 10.2. The number of para-hydroxylation sites is 1. The summed E-state index contributed by atoms with van der Waals surface area (Å²) in [6, 6.07) is 8.60. The number of halogens is 1. The van der Waals surface area contributed by atoms with E-state index in [2.05, 4.69) is 4.98 Å². The average Bonchev–Trinajstić information content (AvgIpc) is 2.39. The van der Waals surface area contributed by atoms with Crippen LogP contribution in [-0.4, -0.2) is 19.1 Å². The van der Waals surface area contributed by atoms with Gasteiger partial charge in [-0.05, 0) is 23.8 Å². The van der Waals surface area contributed by atoms with Crippen LogP contribution in [0.5, 0.6) is 5.75 Å². The predicted molar refractivity (Wildman–Crippen MR) is 69.3 cm³/mol. The third-order valence-corrected chi connectivity index (χ3v) is 2.69. The van der Waals surface area contributed by atoms with E-state index in [-0.39, 0.29) is 5.82 Å².